The molecule has 0 amide bonds. The maximum Gasteiger partial charge on any atom is 0.238 e. The van der Waals surface area contributed by atoms with Crippen molar-refractivity contribution in [2.75, 3.05) is 18.4 Å². The number of rotatable bonds is 8. The zero-order valence-electron chi connectivity index (χ0n) is 22.8. The van der Waals surface area contributed by atoms with Crippen LogP contribution in [0.25, 0.3) is 11.3 Å². The summed E-state index contributed by atoms with van der Waals surface area (Å²) in [6.45, 7) is 6.23. The molecule has 12 heteroatoms. The van der Waals surface area contributed by atoms with Crippen molar-refractivity contribution in [1.29, 1.82) is 5.26 Å². The Kier molecular flexibility index (Phi) is 8.21. The molecule has 1 aliphatic rings. The van der Waals surface area contributed by atoms with E-state index in [4.69, 9.17) is 14.9 Å². The number of nitrogens with two attached hydrogens (primary N) is 1. The van der Waals surface area contributed by atoms with E-state index < -0.39 is 10.0 Å². The summed E-state index contributed by atoms with van der Waals surface area (Å²) in [5, 5.41) is 18.0. The van der Waals surface area contributed by atoms with Crippen LogP contribution in [0.5, 0.6) is 11.6 Å². The number of hydrogen-bond acceptors (Lipinski definition) is 10. The highest BCUT2D eigenvalue weighted by molar-refractivity contribution is 7.89. The summed E-state index contributed by atoms with van der Waals surface area (Å²) in [7, 11) is -3.70. The number of hydrogen-bond donors (Lipinski definition) is 2. The number of sulfonamides is 1. The molecular formula is C29H30N8O3S. The van der Waals surface area contributed by atoms with Gasteiger partial charge in [-0.1, -0.05) is 12.1 Å². The van der Waals surface area contributed by atoms with Gasteiger partial charge in [-0.05, 0) is 67.6 Å². The smallest absolute Gasteiger partial charge is 0.238 e. The van der Waals surface area contributed by atoms with Crippen LogP contribution < -0.4 is 15.2 Å². The van der Waals surface area contributed by atoms with Crippen molar-refractivity contribution in [3.8, 4) is 29.0 Å². The molecule has 3 heterocycles. The van der Waals surface area contributed by atoms with E-state index in [1.54, 1.807) is 54.9 Å². The van der Waals surface area contributed by atoms with Crippen molar-refractivity contribution >= 4 is 16.0 Å². The minimum Gasteiger partial charge on any atom is -0.438 e. The van der Waals surface area contributed by atoms with Gasteiger partial charge < -0.3 is 10.1 Å². The van der Waals surface area contributed by atoms with Crippen LogP contribution in [0, 0.1) is 25.2 Å². The van der Waals surface area contributed by atoms with Crippen molar-refractivity contribution in [3.05, 3.63) is 83.4 Å². The van der Waals surface area contributed by atoms with Gasteiger partial charge >= 0.3 is 0 Å². The number of benzene rings is 2. The maximum absolute atomic E-state index is 11.5. The number of piperidine rings is 1. The monoisotopic (exact) mass is 570 g/mol. The number of aryl methyl sites for hydroxylation is 2. The molecule has 0 atom stereocenters. The number of aromatic nitrogens is 4. The predicted molar refractivity (Wildman–Crippen MR) is 153 cm³/mol. The third-order valence-corrected chi connectivity index (χ3v) is 7.86. The Balaban J connectivity index is 1.30. The second-order valence-electron chi connectivity index (χ2n) is 10.1. The van der Waals surface area contributed by atoms with Crippen LogP contribution >= 0.6 is 0 Å². The van der Waals surface area contributed by atoms with E-state index in [2.05, 4.69) is 31.2 Å². The Hall–Kier alpha value is -4.44. The molecule has 0 saturated carbocycles. The number of nitrogens with one attached hydrogen (secondary N) is 1. The molecule has 1 fully saturated rings. The van der Waals surface area contributed by atoms with E-state index >= 15 is 0 Å². The summed E-state index contributed by atoms with van der Waals surface area (Å²) in [5.41, 5.74) is 4.64. The van der Waals surface area contributed by atoms with E-state index in [1.165, 1.54) is 6.33 Å². The van der Waals surface area contributed by atoms with Gasteiger partial charge in [-0.3, -0.25) is 4.90 Å². The lowest BCUT2D eigenvalue weighted by atomic mass is 10.0. The highest BCUT2D eigenvalue weighted by Gasteiger charge is 2.21. The molecule has 5 rings (SSSR count). The van der Waals surface area contributed by atoms with Gasteiger partial charge in [0.2, 0.25) is 21.9 Å². The highest BCUT2D eigenvalue weighted by atomic mass is 32.2. The number of ether oxygens (including phenoxy) is 1. The zero-order valence-corrected chi connectivity index (χ0v) is 23.6. The number of anilines is 1. The number of primary sulfonamides is 1. The second-order valence-corrected chi connectivity index (χ2v) is 11.6. The van der Waals surface area contributed by atoms with Crippen LogP contribution in [0.15, 0.2) is 66.1 Å². The fourth-order valence-electron chi connectivity index (χ4n) is 4.86. The molecule has 0 spiro atoms. The first-order valence-electron chi connectivity index (χ1n) is 13.1. The van der Waals surface area contributed by atoms with E-state index in [0.717, 1.165) is 54.7 Å². The van der Waals surface area contributed by atoms with Crippen molar-refractivity contribution in [2.45, 2.75) is 44.2 Å². The number of nitriles is 1. The average molecular weight is 571 g/mol. The Morgan fingerprint density at radius 3 is 2.32 bits per heavy atom. The summed E-state index contributed by atoms with van der Waals surface area (Å²) in [6.07, 6.45) is 6.60. The fourth-order valence-corrected chi connectivity index (χ4v) is 5.38. The topological polar surface area (TPSA) is 160 Å². The molecule has 210 valence electrons. The van der Waals surface area contributed by atoms with Gasteiger partial charge in [0.15, 0.2) is 0 Å². The molecular weight excluding hydrogens is 540 g/mol. The molecule has 2 aromatic heterocycles. The number of likely N-dealkylation sites (tertiary alicyclic amines) is 1. The van der Waals surface area contributed by atoms with Crippen LogP contribution in [-0.2, 0) is 16.6 Å². The zero-order chi connectivity index (χ0) is 29.0. The van der Waals surface area contributed by atoms with Gasteiger partial charge in [-0.2, -0.15) is 10.2 Å². The molecule has 2 aromatic carbocycles. The lowest BCUT2D eigenvalue weighted by Gasteiger charge is -2.32. The molecule has 4 aromatic rings. The Bertz CT molecular complexity index is 1660. The number of nitrogens with zero attached hydrogens (tertiary/aromatic N) is 6. The first-order chi connectivity index (χ1) is 19.7. The van der Waals surface area contributed by atoms with E-state index in [0.29, 0.717) is 28.8 Å². The van der Waals surface area contributed by atoms with Crippen LogP contribution in [0.2, 0.25) is 0 Å². The van der Waals surface area contributed by atoms with E-state index in [1.807, 2.05) is 13.8 Å². The van der Waals surface area contributed by atoms with Gasteiger partial charge in [0.05, 0.1) is 22.2 Å². The van der Waals surface area contributed by atoms with Gasteiger partial charge in [0.25, 0.3) is 0 Å². The average Bonchev–Trinajstić information content (AvgIpc) is 2.96. The molecule has 0 radical (unpaired) electrons. The van der Waals surface area contributed by atoms with Crippen LogP contribution in [0.4, 0.5) is 5.95 Å². The van der Waals surface area contributed by atoms with Crippen molar-refractivity contribution in [3.63, 3.8) is 0 Å². The van der Waals surface area contributed by atoms with Gasteiger partial charge in [0, 0.05) is 49.7 Å². The lowest BCUT2D eigenvalue weighted by Crippen LogP contribution is -2.39. The minimum atomic E-state index is -3.70. The molecule has 1 saturated heterocycles. The third kappa shape index (κ3) is 7.01. The van der Waals surface area contributed by atoms with Crippen molar-refractivity contribution in [1.82, 2.24) is 24.8 Å². The van der Waals surface area contributed by atoms with Gasteiger partial charge in [0.1, 0.15) is 12.1 Å². The summed E-state index contributed by atoms with van der Waals surface area (Å²) in [4.78, 5) is 20.1. The van der Waals surface area contributed by atoms with Crippen LogP contribution in [0.3, 0.4) is 0 Å². The SMILES string of the molecule is Cc1cc(C#N)cc(C)c1Oc1cc(-c2cncnc2)nc(NC2CCN(Cc3ccc(S(N)(=O)=O)cc3)CC2)n1. The van der Waals surface area contributed by atoms with Gasteiger partial charge in [-0.15, -0.1) is 0 Å². The van der Waals surface area contributed by atoms with Crippen LogP contribution in [-0.4, -0.2) is 52.4 Å². The molecule has 0 bridgehead atoms. The van der Waals surface area contributed by atoms with Crippen molar-refractivity contribution < 1.29 is 13.2 Å². The van der Waals surface area contributed by atoms with E-state index in [9.17, 15) is 13.7 Å². The quantitative estimate of drug-likeness (QED) is 0.318. The Morgan fingerprint density at radius 2 is 1.71 bits per heavy atom. The summed E-state index contributed by atoms with van der Waals surface area (Å²) in [6, 6.07) is 14.4. The molecule has 0 aliphatic carbocycles. The predicted octanol–water partition coefficient (Wildman–Crippen LogP) is 3.94. The molecule has 11 nitrogen and oxygen atoms in total. The summed E-state index contributed by atoms with van der Waals surface area (Å²) >= 11 is 0. The summed E-state index contributed by atoms with van der Waals surface area (Å²) in [5.74, 6) is 1.47. The first kappa shape index (κ1) is 28.1. The fraction of sp³-hybridized carbons (Fsp3) is 0.276. The molecule has 1 aliphatic heterocycles. The third-order valence-electron chi connectivity index (χ3n) is 6.93. The molecule has 0 unspecified atom stereocenters. The maximum atomic E-state index is 11.5. The highest BCUT2D eigenvalue weighted by Crippen LogP contribution is 2.31. The molecule has 41 heavy (non-hydrogen) atoms. The Labute approximate surface area is 239 Å². The van der Waals surface area contributed by atoms with Gasteiger partial charge in [-0.25, -0.2) is 28.5 Å². The molecule has 3 N–H and O–H groups in total. The van der Waals surface area contributed by atoms with Crippen LogP contribution in [0.1, 0.15) is 35.1 Å². The standard InChI is InChI=1S/C29H30N8O3S/c1-19-11-22(14-30)12-20(2)28(19)40-27-13-26(23-15-32-18-33-16-23)35-29(36-27)34-24-7-9-37(10-8-24)17-21-3-5-25(6-4-21)41(31,38)39/h3-6,11-13,15-16,18,24H,7-10,17H2,1-2H3,(H2,31,38,39)(H,34,35,36). The largest absolute Gasteiger partial charge is 0.438 e. The summed E-state index contributed by atoms with van der Waals surface area (Å²) < 4.78 is 29.3. The van der Waals surface area contributed by atoms with E-state index in [-0.39, 0.29) is 10.9 Å². The normalized spacial score (nSPS) is 14.4. The Morgan fingerprint density at radius 1 is 1.05 bits per heavy atom. The lowest BCUT2D eigenvalue weighted by molar-refractivity contribution is 0.211. The minimum absolute atomic E-state index is 0.112. The second kappa shape index (κ2) is 12.0. The van der Waals surface area contributed by atoms with Crippen molar-refractivity contribution in [2.24, 2.45) is 5.14 Å². The first-order valence-corrected chi connectivity index (χ1v) is 14.7.